The molecule has 23 heavy (non-hydrogen) atoms. The molecule has 1 aliphatic heterocycles. The summed E-state index contributed by atoms with van der Waals surface area (Å²) in [5, 5.41) is 9.89. The first kappa shape index (κ1) is 17.0. The molecule has 2 aliphatic carbocycles. The van der Waals surface area contributed by atoms with Gasteiger partial charge < -0.3 is 14.7 Å². The number of nitrogens with zero attached hydrogens (tertiary/aromatic N) is 1. The third-order valence-electron chi connectivity index (χ3n) is 7.11. The lowest BCUT2D eigenvalue weighted by molar-refractivity contribution is -0.141. The molecule has 3 rings (SSSR count). The van der Waals surface area contributed by atoms with Crippen molar-refractivity contribution in [2.24, 2.45) is 22.2 Å². The fraction of sp³-hybridized carbons (Fsp3) is 0.842. The normalized spacial score (nSPS) is 34.6. The van der Waals surface area contributed by atoms with E-state index in [1.165, 1.54) is 0 Å². The Bertz CT molecular complexity index is 507. The molecule has 0 aromatic heterocycles. The number of aliphatic hydroxyl groups excluding tert-OH is 1. The van der Waals surface area contributed by atoms with Gasteiger partial charge in [-0.15, -0.1) is 0 Å². The Labute approximate surface area is 139 Å². The monoisotopic (exact) mass is 321 g/mol. The predicted molar refractivity (Wildman–Crippen MR) is 89.9 cm³/mol. The Morgan fingerprint density at radius 1 is 1.35 bits per heavy atom. The minimum absolute atomic E-state index is 0.0715. The maximum absolute atomic E-state index is 13.3. The number of carbonyl (C=O) groups is 1. The SMILES string of the molecule is C=C1C(C)(C)[C@H]2CC[C@]1(C(=O)N(C)CC1(CO)CCOCC1)C2. The number of hydrogen-bond donors (Lipinski definition) is 1. The molecule has 0 radical (unpaired) electrons. The maximum atomic E-state index is 13.3. The van der Waals surface area contributed by atoms with Crippen molar-refractivity contribution in [3.8, 4) is 0 Å². The first-order chi connectivity index (χ1) is 10.8. The third-order valence-corrected chi connectivity index (χ3v) is 7.11. The zero-order valence-electron chi connectivity index (χ0n) is 14.9. The second-order valence-corrected chi connectivity index (χ2v) is 8.65. The molecule has 1 N–H and O–H groups in total. The van der Waals surface area contributed by atoms with E-state index in [1.807, 2.05) is 11.9 Å². The van der Waals surface area contributed by atoms with Gasteiger partial charge >= 0.3 is 0 Å². The molecule has 2 bridgehead atoms. The average molecular weight is 321 g/mol. The highest BCUT2D eigenvalue weighted by atomic mass is 16.5. The van der Waals surface area contributed by atoms with Crippen molar-refractivity contribution in [1.82, 2.24) is 4.90 Å². The number of carbonyl (C=O) groups excluding carboxylic acids is 1. The number of hydrogen-bond acceptors (Lipinski definition) is 3. The number of ether oxygens (including phenoxy) is 1. The molecule has 1 saturated heterocycles. The lowest BCUT2D eigenvalue weighted by atomic mass is 9.68. The topological polar surface area (TPSA) is 49.8 Å². The van der Waals surface area contributed by atoms with Crippen LogP contribution in [-0.2, 0) is 9.53 Å². The molecule has 0 spiro atoms. The quantitative estimate of drug-likeness (QED) is 0.810. The van der Waals surface area contributed by atoms with Gasteiger partial charge in [0, 0.05) is 32.2 Å². The van der Waals surface area contributed by atoms with Crippen LogP contribution in [0.5, 0.6) is 0 Å². The zero-order chi connectivity index (χ0) is 16.9. The van der Waals surface area contributed by atoms with E-state index in [0.717, 1.165) is 37.7 Å². The fourth-order valence-electron chi connectivity index (χ4n) is 5.23. The maximum Gasteiger partial charge on any atom is 0.232 e. The standard InChI is InChI=1S/C19H31NO3/c1-14-17(2,3)15-5-6-19(14,11-15)16(22)20(4)12-18(13-21)7-9-23-10-8-18/h15,21H,1,5-13H2,2-4H3/t15-,19-/m0/s1. The number of rotatable bonds is 4. The van der Waals surface area contributed by atoms with Crippen LogP contribution >= 0.6 is 0 Å². The van der Waals surface area contributed by atoms with Gasteiger partial charge in [0.05, 0.1) is 12.0 Å². The van der Waals surface area contributed by atoms with Gasteiger partial charge in [-0.2, -0.15) is 0 Å². The molecule has 0 aromatic rings. The third kappa shape index (κ3) is 2.45. The fourth-order valence-corrected chi connectivity index (χ4v) is 5.23. The van der Waals surface area contributed by atoms with Crippen molar-refractivity contribution < 1.29 is 14.6 Å². The molecule has 1 amide bonds. The number of aliphatic hydroxyl groups is 1. The first-order valence-electron chi connectivity index (χ1n) is 8.91. The molecule has 2 atom stereocenters. The summed E-state index contributed by atoms with van der Waals surface area (Å²) in [7, 11) is 1.90. The Morgan fingerprint density at radius 2 is 2.00 bits per heavy atom. The molecular formula is C19H31NO3. The van der Waals surface area contributed by atoms with E-state index in [2.05, 4.69) is 20.4 Å². The van der Waals surface area contributed by atoms with E-state index < -0.39 is 0 Å². The van der Waals surface area contributed by atoms with E-state index >= 15 is 0 Å². The smallest absolute Gasteiger partial charge is 0.232 e. The van der Waals surface area contributed by atoms with Crippen LogP contribution in [0.1, 0.15) is 46.0 Å². The van der Waals surface area contributed by atoms with Crippen LogP contribution in [0, 0.1) is 22.2 Å². The van der Waals surface area contributed by atoms with Crippen molar-refractivity contribution in [3.05, 3.63) is 12.2 Å². The molecule has 130 valence electrons. The largest absolute Gasteiger partial charge is 0.396 e. The average Bonchev–Trinajstić information content (AvgIpc) is 3.07. The second-order valence-electron chi connectivity index (χ2n) is 8.65. The highest BCUT2D eigenvalue weighted by molar-refractivity contribution is 5.87. The summed E-state index contributed by atoms with van der Waals surface area (Å²) in [6, 6.07) is 0. The van der Waals surface area contributed by atoms with Crippen molar-refractivity contribution in [2.75, 3.05) is 33.4 Å². The summed E-state index contributed by atoms with van der Waals surface area (Å²) in [5.74, 6) is 0.803. The molecule has 0 aromatic carbocycles. The predicted octanol–water partition coefficient (Wildman–Crippen LogP) is 2.62. The van der Waals surface area contributed by atoms with Crippen LogP contribution in [0.15, 0.2) is 12.2 Å². The Morgan fingerprint density at radius 3 is 2.52 bits per heavy atom. The molecular weight excluding hydrogens is 290 g/mol. The molecule has 4 nitrogen and oxygen atoms in total. The van der Waals surface area contributed by atoms with Crippen molar-refractivity contribution in [2.45, 2.75) is 46.0 Å². The molecule has 0 unspecified atom stereocenters. The van der Waals surface area contributed by atoms with Gasteiger partial charge in [0.15, 0.2) is 0 Å². The summed E-state index contributed by atoms with van der Waals surface area (Å²) >= 11 is 0. The van der Waals surface area contributed by atoms with Gasteiger partial charge in [-0.1, -0.05) is 26.0 Å². The number of fused-ring (bicyclic) bond motifs is 2. The molecule has 3 aliphatic rings. The van der Waals surface area contributed by atoms with Crippen LogP contribution in [0.25, 0.3) is 0 Å². The van der Waals surface area contributed by atoms with Crippen molar-refractivity contribution in [1.29, 1.82) is 0 Å². The van der Waals surface area contributed by atoms with Gasteiger partial charge in [-0.3, -0.25) is 4.79 Å². The second kappa shape index (κ2) is 5.59. The molecule has 2 saturated carbocycles. The first-order valence-corrected chi connectivity index (χ1v) is 8.91. The van der Waals surface area contributed by atoms with Crippen LogP contribution in [0.4, 0.5) is 0 Å². The van der Waals surface area contributed by atoms with Crippen LogP contribution in [0.3, 0.4) is 0 Å². The Balaban J connectivity index is 1.76. The minimum atomic E-state index is -0.356. The van der Waals surface area contributed by atoms with Crippen molar-refractivity contribution in [3.63, 3.8) is 0 Å². The van der Waals surface area contributed by atoms with E-state index in [9.17, 15) is 9.90 Å². The lowest BCUT2D eigenvalue weighted by Crippen LogP contribution is -2.49. The number of amides is 1. The van der Waals surface area contributed by atoms with Crippen LogP contribution in [-0.4, -0.2) is 49.3 Å². The van der Waals surface area contributed by atoms with Gasteiger partial charge in [0.2, 0.25) is 5.91 Å². The minimum Gasteiger partial charge on any atom is -0.396 e. The molecule has 1 heterocycles. The summed E-state index contributed by atoms with van der Waals surface area (Å²) in [6.45, 7) is 10.9. The molecule has 4 heteroatoms. The summed E-state index contributed by atoms with van der Waals surface area (Å²) in [5.41, 5.74) is 0.641. The van der Waals surface area contributed by atoms with Crippen LogP contribution in [0.2, 0.25) is 0 Å². The highest BCUT2D eigenvalue weighted by Gasteiger charge is 2.61. The molecule has 3 fully saturated rings. The highest BCUT2D eigenvalue weighted by Crippen LogP contribution is 2.65. The van der Waals surface area contributed by atoms with Gasteiger partial charge in [0.25, 0.3) is 0 Å². The van der Waals surface area contributed by atoms with Gasteiger partial charge in [-0.05, 0) is 43.4 Å². The van der Waals surface area contributed by atoms with E-state index in [-0.39, 0.29) is 28.8 Å². The van der Waals surface area contributed by atoms with Crippen LogP contribution < -0.4 is 0 Å². The zero-order valence-corrected chi connectivity index (χ0v) is 14.9. The van der Waals surface area contributed by atoms with E-state index in [4.69, 9.17) is 4.74 Å². The summed E-state index contributed by atoms with van der Waals surface area (Å²) in [4.78, 5) is 15.2. The van der Waals surface area contributed by atoms with Gasteiger partial charge in [-0.25, -0.2) is 0 Å². The summed E-state index contributed by atoms with van der Waals surface area (Å²) < 4.78 is 5.43. The lowest BCUT2D eigenvalue weighted by Gasteiger charge is -2.42. The Kier molecular flexibility index (Phi) is 4.13. The Hall–Kier alpha value is -0.870. The van der Waals surface area contributed by atoms with E-state index in [0.29, 0.717) is 25.7 Å². The van der Waals surface area contributed by atoms with Crippen molar-refractivity contribution >= 4 is 5.91 Å². The van der Waals surface area contributed by atoms with Gasteiger partial charge in [0.1, 0.15) is 0 Å². The summed E-state index contributed by atoms with van der Waals surface area (Å²) in [6.07, 6.45) is 4.67. The van der Waals surface area contributed by atoms with E-state index in [1.54, 1.807) is 0 Å².